The van der Waals surface area contributed by atoms with Crippen LogP contribution in [0.3, 0.4) is 0 Å². The van der Waals surface area contributed by atoms with Crippen LogP contribution in [0.15, 0.2) is 36.4 Å². The molecule has 6 heteroatoms. The molecule has 0 spiro atoms. The molecule has 0 aliphatic carbocycles. The number of hydrogen-bond acceptors (Lipinski definition) is 3. The van der Waals surface area contributed by atoms with Crippen molar-refractivity contribution < 1.29 is 27.0 Å². The maximum Gasteiger partial charge on any atom is 0.303 e. The highest BCUT2D eigenvalue weighted by atomic mass is 35.5. The van der Waals surface area contributed by atoms with E-state index in [1.54, 1.807) is 4.68 Å². The Balaban J connectivity index is 0.00000220. The summed E-state index contributed by atoms with van der Waals surface area (Å²) >= 11 is 0. The lowest BCUT2D eigenvalue weighted by Gasteiger charge is -2.07. The summed E-state index contributed by atoms with van der Waals surface area (Å²) in [6, 6.07) is 11.8. The minimum atomic E-state index is -0.805. The molecule has 0 aliphatic rings. The van der Waals surface area contributed by atoms with Crippen molar-refractivity contribution in [3.05, 3.63) is 42.0 Å². The minimum Gasteiger partial charge on any atom is -1.00 e. The number of nitrogen functional groups attached to an aromatic ring is 1. The van der Waals surface area contributed by atoms with Crippen LogP contribution in [0.25, 0.3) is 11.3 Å². The molecular weight excluding hydrogens is 290 g/mol. The molecule has 0 saturated carbocycles. The Bertz CT molecular complexity index is 618. The van der Waals surface area contributed by atoms with E-state index in [-0.39, 0.29) is 18.8 Å². The zero-order valence-corrected chi connectivity index (χ0v) is 12.5. The van der Waals surface area contributed by atoms with Crippen molar-refractivity contribution >= 4 is 11.8 Å². The average molecular weight is 308 g/mol. The summed E-state index contributed by atoms with van der Waals surface area (Å²) in [5.74, 6) is -0.227. The molecule has 0 radical (unpaired) electrons. The lowest BCUT2D eigenvalue weighted by atomic mass is 10.1. The third kappa shape index (κ3) is 4.43. The predicted molar refractivity (Wildman–Crippen MR) is 75.9 cm³/mol. The second-order valence-corrected chi connectivity index (χ2v) is 4.68. The maximum atomic E-state index is 10.6. The average Bonchev–Trinajstić information content (AvgIpc) is 2.44. The van der Waals surface area contributed by atoms with E-state index >= 15 is 0 Å². The Morgan fingerprint density at radius 3 is 2.62 bits per heavy atom. The summed E-state index contributed by atoms with van der Waals surface area (Å²) in [6.07, 6.45) is 0.623. The van der Waals surface area contributed by atoms with Crippen LogP contribution in [0.2, 0.25) is 0 Å². The summed E-state index contributed by atoms with van der Waals surface area (Å²) in [7, 11) is 0. The van der Waals surface area contributed by atoms with Crippen LogP contribution in [-0.4, -0.2) is 16.2 Å². The smallest absolute Gasteiger partial charge is 0.303 e. The molecule has 0 unspecified atom stereocenters. The molecule has 1 aromatic heterocycles. The van der Waals surface area contributed by atoms with Gasteiger partial charge in [0, 0.05) is 17.5 Å². The molecule has 0 aliphatic heterocycles. The third-order valence-corrected chi connectivity index (χ3v) is 3.09. The number of rotatable bonds is 5. The standard InChI is InChI=1S/C15H17N3O2.ClH/c1-11-10-13(12-6-3-2-4-7-12)17-18(15(11)16)9-5-8-14(19)20;/h2-4,6-7,10,16H,5,8-9H2,1H3,(H,19,20);1H. The van der Waals surface area contributed by atoms with Gasteiger partial charge in [0.2, 0.25) is 0 Å². The van der Waals surface area contributed by atoms with Gasteiger partial charge < -0.3 is 17.5 Å². The Morgan fingerprint density at radius 2 is 2.00 bits per heavy atom. The first-order chi connectivity index (χ1) is 9.58. The van der Waals surface area contributed by atoms with Crippen LogP contribution in [0, 0.1) is 6.92 Å². The van der Waals surface area contributed by atoms with E-state index in [0.29, 0.717) is 18.8 Å². The van der Waals surface area contributed by atoms with Gasteiger partial charge in [-0.3, -0.25) is 10.5 Å². The monoisotopic (exact) mass is 307 g/mol. The molecule has 1 aromatic carbocycles. The molecule has 2 rings (SSSR count). The first-order valence-electron chi connectivity index (χ1n) is 6.52. The summed E-state index contributed by atoms with van der Waals surface area (Å²) < 4.78 is 1.68. The van der Waals surface area contributed by atoms with Gasteiger partial charge in [-0.1, -0.05) is 35.4 Å². The highest BCUT2D eigenvalue weighted by molar-refractivity contribution is 5.66. The van der Waals surface area contributed by atoms with Gasteiger partial charge in [0.1, 0.15) is 12.2 Å². The number of aryl methyl sites for hydroxylation is 2. The van der Waals surface area contributed by atoms with Crippen LogP contribution >= 0.6 is 0 Å². The molecule has 0 saturated heterocycles. The summed E-state index contributed by atoms with van der Waals surface area (Å²) in [5, 5.41) is 13.2. The Morgan fingerprint density at radius 1 is 1.33 bits per heavy atom. The Labute approximate surface area is 129 Å². The van der Waals surface area contributed by atoms with Gasteiger partial charge in [-0.25, -0.2) is 0 Å². The number of hydrogen-bond donors (Lipinski definition) is 2. The fraction of sp³-hybridized carbons (Fsp3) is 0.267. The maximum absolute atomic E-state index is 10.6. The normalized spacial score (nSPS) is 9.95. The largest absolute Gasteiger partial charge is 1.00 e. The van der Waals surface area contributed by atoms with Crippen molar-refractivity contribution in [1.29, 1.82) is 0 Å². The molecule has 2 aromatic rings. The second kappa shape index (κ2) is 7.59. The first-order valence-corrected chi connectivity index (χ1v) is 6.52. The predicted octanol–water partition coefficient (Wildman–Crippen LogP) is -1.20. The second-order valence-electron chi connectivity index (χ2n) is 4.68. The number of carboxylic acids is 1. The van der Waals surface area contributed by atoms with Crippen molar-refractivity contribution in [2.45, 2.75) is 26.3 Å². The number of benzene rings is 1. The molecule has 5 nitrogen and oxygen atoms in total. The van der Waals surface area contributed by atoms with Crippen molar-refractivity contribution in [3.63, 3.8) is 0 Å². The number of carbonyl (C=O) groups is 1. The number of anilines is 1. The Hall–Kier alpha value is -2.14. The molecule has 3 N–H and O–H groups in total. The van der Waals surface area contributed by atoms with Gasteiger partial charge in [-0.15, -0.1) is 4.68 Å². The van der Waals surface area contributed by atoms with Crippen molar-refractivity contribution in [2.75, 3.05) is 5.73 Å². The van der Waals surface area contributed by atoms with Gasteiger partial charge >= 0.3 is 5.97 Å². The molecular formula is C15H18ClN3O2. The number of nitrogens with zero attached hydrogens (tertiary/aromatic N) is 2. The van der Waals surface area contributed by atoms with Gasteiger partial charge in [-0.05, 0) is 19.4 Å². The quantitative estimate of drug-likeness (QED) is 0.680. The number of nitrogens with two attached hydrogens (primary N) is 1. The van der Waals surface area contributed by atoms with Crippen molar-refractivity contribution in [1.82, 2.24) is 5.10 Å². The SMILES string of the molecule is Cc1cc(-c2ccccc2)n[n+](CCCC(=O)O)c1N.[Cl-]. The van der Waals surface area contributed by atoms with Crippen molar-refractivity contribution in [3.8, 4) is 11.3 Å². The fourth-order valence-corrected chi connectivity index (χ4v) is 2.00. The number of carboxylic acid groups (broad SMARTS) is 1. The van der Waals surface area contributed by atoms with Gasteiger partial charge in [0.25, 0.3) is 5.82 Å². The van der Waals surface area contributed by atoms with E-state index < -0.39 is 5.97 Å². The molecule has 0 bridgehead atoms. The van der Waals surface area contributed by atoms with E-state index in [1.165, 1.54) is 0 Å². The number of halogens is 1. The highest BCUT2D eigenvalue weighted by Crippen LogP contribution is 2.17. The van der Waals surface area contributed by atoms with Crippen molar-refractivity contribution in [2.24, 2.45) is 0 Å². The topological polar surface area (TPSA) is 80.1 Å². The number of aliphatic carboxylic acids is 1. The van der Waals surface area contributed by atoms with E-state index in [9.17, 15) is 4.79 Å². The van der Waals surface area contributed by atoms with Crippen LogP contribution in [-0.2, 0) is 11.3 Å². The molecule has 0 fully saturated rings. The molecule has 0 amide bonds. The van der Waals surface area contributed by atoms with Crippen LogP contribution < -0.4 is 22.8 Å². The van der Waals surface area contributed by atoms with E-state index in [2.05, 4.69) is 5.10 Å². The van der Waals surface area contributed by atoms with Crippen LogP contribution in [0.5, 0.6) is 0 Å². The Kier molecular flexibility index (Phi) is 6.11. The molecule has 1 heterocycles. The fourth-order valence-electron chi connectivity index (χ4n) is 2.00. The zero-order valence-electron chi connectivity index (χ0n) is 11.8. The third-order valence-electron chi connectivity index (χ3n) is 3.09. The summed E-state index contributed by atoms with van der Waals surface area (Å²) in [4.78, 5) is 10.6. The minimum absolute atomic E-state index is 0. The number of aromatic nitrogens is 2. The summed E-state index contributed by atoms with van der Waals surface area (Å²) in [6.45, 7) is 2.43. The summed E-state index contributed by atoms with van der Waals surface area (Å²) in [5.41, 5.74) is 8.80. The van der Waals surface area contributed by atoms with Crippen LogP contribution in [0.1, 0.15) is 18.4 Å². The van der Waals surface area contributed by atoms with E-state index in [4.69, 9.17) is 10.8 Å². The first kappa shape index (κ1) is 16.9. The highest BCUT2D eigenvalue weighted by Gasteiger charge is 2.13. The van der Waals surface area contributed by atoms with Gasteiger partial charge in [0.05, 0.1) is 0 Å². The van der Waals surface area contributed by atoms with E-state index in [0.717, 1.165) is 16.8 Å². The molecule has 21 heavy (non-hydrogen) atoms. The van der Waals surface area contributed by atoms with Gasteiger partial charge in [0.15, 0.2) is 0 Å². The van der Waals surface area contributed by atoms with Crippen LogP contribution in [0.4, 0.5) is 5.82 Å². The van der Waals surface area contributed by atoms with Gasteiger partial charge in [-0.2, -0.15) is 0 Å². The lowest BCUT2D eigenvalue weighted by molar-refractivity contribution is -0.740. The lowest BCUT2D eigenvalue weighted by Crippen LogP contribution is -3.00. The van der Waals surface area contributed by atoms with E-state index in [1.807, 2.05) is 43.3 Å². The molecule has 112 valence electrons. The zero-order chi connectivity index (χ0) is 14.5. The molecule has 0 atom stereocenters.